The third-order valence-electron chi connectivity index (χ3n) is 3.55. The van der Waals surface area contributed by atoms with E-state index >= 15 is 0 Å². The van der Waals surface area contributed by atoms with Gasteiger partial charge in [-0.2, -0.15) is 11.8 Å². The number of Topliss-reactive ketones (excluding diaryl/α,β-unsaturated/α-hetero) is 1. The zero-order valence-corrected chi connectivity index (χ0v) is 13.1. The number of rotatable bonds is 5. The molecule has 19 heavy (non-hydrogen) atoms. The SMILES string of the molecule is C=C(C)C(=O)OC1(C)CC(SCC)CC(C(C)=O)C1. The lowest BCUT2D eigenvalue weighted by molar-refractivity contribution is -0.159. The number of ether oxygens (including phenoxy) is 1. The van der Waals surface area contributed by atoms with Gasteiger partial charge in [0.25, 0.3) is 0 Å². The lowest BCUT2D eigenvalue weighted by atomic mass is 9.77. The molecule has 0 aromatic carbocycles. The maximum absolute atomic E-state index is 11.7. The molecule has 0 N–H and O–H groups in total. The van der Waals surface area contributed by atoms with Crippen LogP contribution in [0.3, 0.4) is 0 Å². The van der Waals surface area contributed by atoms with E-state index in [9.17, 15) is 9.59 Å². The average Bonchev–Trinajstić information content (AvgIpc) is 2.27. The molecule has 0 aromatic rings. The molecule has 0 heterocycles. The van der Waals surface area contributed by atoms with Gasteiger partial charge in [-0.15, -0.1) is 0 Å². The van der Waals surface area contributed by atoms with Crippen LogP contribution in [0.2, 0.25) is 0 Å². The van der Waals surface area contributed by atoms with Gasteiger partial charge >= 0.3 is 5.97 Å². The lowest BCUT2D eigenvalue weighted by Gasteiger charge is -2.40. The molecule has 3 atom stereocenters. The molecular formula is C15H24O3S. The van der Waals surface area contributed by atoms with Crippen LogP contribution < -0.4 is 0 Å². The summed E-state index contributed by atoms with van der Waals surface area (Å²) in [5.74, 6) is 0.853. The Morgan fingerprint density at radius 1 is 1.37 bits per heavy atom. The molecule has 0 saturated heterocycles. The molecule has 3 unspecified atom stereocenters. The minimum absolute atomic E-state index is 0.000668. The molecule has 0 amide bonds. The van der Waals surface area contributed by atoms with Crippen molar-refractivity contribution in [2.75, 3.05) is 5.75 Å². The van der Waals surface area contributed by atoms with E-state index in [4.69, 9.17) is 4.74 Å². The Hall–Kier alpha value is -0.770. The molecule has 1 rings (SSSR count). The predicted octanol–water partition coefficient (Wildman–Crippen LogP) is 3.38. The number of carbonyl (C=O) groups excluding carboxylic acids is 2. The molecular weight excluding hydrogens is 260 g/mol. The first-order chi connectivity index (χ1) is 8.77. The van der Waals surface area contributed by atoms with Crippen LogP contribution in [0.25, 0.3) is 0 Å². The molecule has 0 aliphatic heterocycles. The number of hydrogen-bond donors (Lipinski definition) is 0. The fraction of sp³-hybridized carbons (Fsp3) is 0.733. The van der Waals surface area contributed by atoms with Gasteiger partial charge in [-0.25, -0.2) is 4.79 Å². The van der Waals surface area contributed by atoms with Crippen LogP contribution in [0.4, 0.5) is 0 Å². The maximum atomic E-state index is 11.7. The average molecular weight is 284 g/mol. The standard InChI is InChI=1S/C15H24O3S/c1-6-19-13-7-12(11(4)16)8-15(5,9-13)18-14(17)10(2)3/h12-13H,2,6-9H2,1,3-5H3. The molecule has 108 valence electrons. The summed E-state index contributed by atoms with van der Waals surface area (Å²) in [7, 11) is 0. The van der Waals surface area contributed by atoms with E-state index in [1.807, 2.05) is 18.7 Å². The zero-order valence-electron chi connectivity index (χ0n) is 12.3. The fourth-order valence-corrected chi connectivity index (χ4v) is 3.95. The first-order valence-electron chi connectivity index (χ1n) is 6.78. The second-order valence-electron chi connectivity index (χ2n) is 5.65. The maximum Gasteiger partial charge on any atom is 0.333 e. The number of thioether (sulfide) groups is 1. The van der Waals surface area contributed by atoms with Crippen molar-refractivity contribution >= 4 is 23.5 Å². The number of hydrogen-bond acceptors (Lipinski definition) is 4. The van der Waals surface area contributed by atoms with Gasteiger partial charge in [0.1, 0.15) is 11.4 Å². The van der Waals surface area contributed by atoms with E-state index in [0.29, 0.717) is 17.2 Å². The predicted molar refractivity (Wildman–Crippen MR) is 79.3 cm³/mol. The summed E-state index contributed by atoms with van der Waals surface area (Å²) in [5.41, 5.74) is -0.136. The summed E-state index contributed by atoms with van der Waals surface area (Å²) in [6.07, 6.45) is 2.34. The highest BCUT2D eigenvalue weighted by Gasteiger charge is 2.41. The third kappa shape index (κ3) is 4.68. The van der Waals surface area contributed by atoms with Crippen molar-refractivity contribution in [2.45, 2.75) is 57.8 Å². The van der Waals surface area contributed by atoms with Gasteiger partial charge in [-0.05, 0) is 45.8 Å². The van der Waals surface area contributed by atoms with Crippen LogP contribution in [0.15, 0.2) is 12.2 Å². The van der Waals surface area contributed by atoms with Crippen molar-refractivity contribution < 1.29 is 14.3 Å². The molecule has 1 saturated carbocycles. The first-order valence-corrected chi connectivity index (χ1v) is 7.83. The van der Waals surface area contributed by atoms with Gasteiger partial charge in [0.15, 0.2) is 0 Å². The van der Waals surface area contributed by atoms with Crippen molar-refractivity contribution in [2.24, 2.45) is 5.92 Å². The smallest absolute Gasteiger partial charge is 0.333 e. The van der Waals surface area contributed by atoms with E-state index in [1.54, 1.807) is 13.8 Å². The summed E-state index contributed by atoms with van der Waals surface area (Å²) < 4.78 is 5.59. The topological polar surface area (TPSA) is 43.4 Å². The van der Waals surface area contributed by atoms with Gasteiger partial charge < -0.3 is 4.74 Å². The van der Waals surface area contributed by atoms with Crippen LogP contribution in [0.1, 0.15) is 47.0 Å². The van der Waals surface area contributed by atoms with Gasteiger partial charge in [0, 0.05) is 16.7 Å². The molecule has 0 aromatic heterocycles. The largest absolute Gasteiger partial charge is 0.456 e. The van der Waals surface area contributed by atoms with Crippen molar-refractivity contribution in [1.82, 2.24) is 0 Å². The van der Waals surface area contributed by atoms with Crippen molar-refractivity contribution in [1.29, 1.82) is 0 Å². The third-order valence-corrected chi connectivity index (χ3v) is 4.71. The highest BCUT2D eigenvalue weighted by molar-refractivity contribution is 7.99. The molecule has 0 bridgehead atoms. The second kappa shape index (κ2) is 6.60. The Balaban J connectivity index is 2.81. The quantitative estimate of drug-likeness (QED) is 0.573. The van der Waals surface area contributed by atoms with Crippen molar-refractivity contribution in [3.63, 3.8) is 0 Å². The normalized spacial score (nSPS) is 30.7. The number of esters is 1. The van der Waals surface area contributed by atoms with E-state index < -0.39 is 5.60 Å². The molecule has 0 spiro atoms. The minimum Gasteiger partial charge on any atom is -0.456 e. The Bertz CT molecular complexity index is 378. The van der Waals surface area contributed by atoms with Crippen LogP contribution in [-0.2, 0) is 14.3 Å². The van der Waals surface area contributed by atoms with Gasteiger partial charge in [-0.3, -0.25) is 4.79 Å². The number of carbonyl (C=O) groups is 2. The van der Waals surface area contributed by atoms with E-state index in [1.165, 1.54) is 0 Å². The Morgan fingerprint density at radius 3 is 2.47 bits per heavy atom. The molecule has 3 nitrogen and oxygen atoms in total. The van der Waals surface area contributed by atoms with Crippen LogP contribution in [0.5, 0.6) is 0 Å². The monoisotopic (exact) mass is 284 g/mol. The lowest BCUT2D eigenvalue weighted by Crippen LogP contribution is -2.43. The minimum atomic E-state index is -0.544. The molecule has 0 radical (unpaired) electrons. The Kier molecular flexibility index (Phi) is 5.65. The van der Waals surface area contributed by atoms with Gasteiger partial charge in [0.05, 0.1) is 0 Å². The highest BCUT2D eigenvalue weighted by atomic mass is 32.2. The Labute approximate surface area is 120 Å². The molecule has 1 aliphatic carbocycles. The summed E-state index contributed by atoms with van der Waals surface area (Å²) in [4.78, 5) is 23.4. The van der Waals surface area contributed by atoms with Crippen molar-refractivity contribution in [3.05, 3.63) is 12.2 Å². The van der Waals surface area contributed by atoms with E-state index in [0.717, 1.165) is 18.6 Å². The molecule has 1 aliphatic rings. The summed E-state index contributed by atoms with van der Waals surface area (Å²) in [5, 5.41) is 0.385. The zero-order chi connectivity index (χ0) is 14.6. The van der Waals surface area contributed by atoms with Gasteiger partial charge in [-0.1, -0.05) is 13.5 Å². The Morgan fingerprint density at radius 2 is 2.00 bits per heavy atom. The fourth-order valence-electron chi connectivity index (χ4n) is 2.64. The van der Waals surface area contributed by atoms with Crippen LogP contribution in [0, 0.1) is 5.92 Å². The summed E-state index contributed by atoms with van der Waals surface area (Å²) in [6.45, 7) is 10.9. The second-order valence-corrected chi connectivity index (χ2v) is 7.23. The first kappa shape index (κ1) is 16.3. The van der Waals surface area contributed by atoms with Crippen molar-refractivity contribution in [3.8, 4) is 0 Å². The molecule has 4 heteroatoms. The van der Waals surface area contributed by atoms with Gasteiger partial charge in [0.2, 0.25) is 0 Å². The summed E-state index contributed by atoms with van der Waals surface area (Å²) in [6, 6.07) is 0. The van der Waals surface area contributed by atoms with Crippen LogP contribution in [-0.4, -0.2) is 28.4 Å². The van der Waals surface area contributed by atoms with Crippen LogP contribution >= 0.6 is 11.8 Å². The highest BCUT2D eigenvalue weighted by Crippen LogP contribution is 2.40. The van der Waals surface area contributed by atoms with E-state index in [2.05, 4.69) is 13.5 Å². The number of ketones is 1. The molecule has 1 fully saturated rings. The van der Waals surface area contributed by atoms with E-state index in [-0.39, 0.29) is 17.7 Å². The summed E-state index contributed by atoms with van der Waals surface area (Å²) >= 11 is 1.85.